The second-order valence-corrected chi connectivity index (χ2v) is 6.89. The van der Waals surface area contributed by atoms with Gasteiger partial charge < -0.3 is 14.8 Å². The largest absolute Gasteiger partial charge is 0.488 e. The molecule has 0 bridgehead atoms. The van der Waals surface area contributed by atoms with Crippen LogP contribution in [0.25, 0.3) is 0 Å². The minimum atomic E-state index is 0.535. The zero-order chi connectivity index (χ0) is 18.2. The molecule has 4 nitrogen and oxygen atoms in total. The molecule has 138 valence electrons. The first-order valence-corrected chi connectivity index (χ1v) is 9.49. The van der Waals surface area contributed by atoms with Gasteiger partial charge in [-0.05, 0) is 24.6 Å². The Kier molecular flexibility index (Phi) is 7.00. The third kappa shape index (κ3) is 5.53. The van der Waals surface area contributed by atoms with Crippen molar-refractivity contribution in [3.05, 3.63) is 65.2 Å². The summed E-state index contributed by atoms with van der Waals surface area (Å²) in [5.74, 6) is 0.817. The fourth-order valence-corrected chi connectivity index (χ4v) is 3.14. The molecule has 5 heteroatoms. The highest BCUT2D eigenvalue weighted by molar-refractivity contribution is 7.80. The lowest BCUT2D eigenvalue weighted by Gasteiger charge is -2.26. The van der Waals surface area contributed by atoms with E-state index in [4.69, 9.17) is 21.7 Å². The molecule has 1 heterocycles. The minimum absolute atomic E-state index is 0.535. The van der Waals surface area contributed by atoms with Crippen molar-refractivity contribution in [2.45, 2.75) is 13.5 Å². The number of para-hydroxylation sites is 1. The van der Waals surface area contributed by atoms with Gasteiger partial charge in [-0.2, -0.15) is 0 Å². The molecule has 0 saturated carbocycles. The van der Waals surface area contributed by atoms with Crippen molar-refractivity contribution in [1.29, 1.82) is 0 Å². The number of ether oxygens (including phenoxy) is 2. The fraction of sp³-hybridized carbons (Fsp3) is 0.381. The van der Waals surface area contributed by atoms with Crippen molar-refractivity contribution in [3.63, 3.8) is 0 Å². The molecule has 0 spiro atoms. The van der Waals surface area contributed by atoms with E-state index in [0.717, 1.165) is 61.3 Å². The lowest BCUT2D eigenvalue weighted by Crippen LogP contribution is -2.41. The fourth-order valence-electron chi connectivity index (χ4n) is 2.87. The number of hydrogen-bond donors (Lipinski definition) is 1. The van der Waals surface area contributed by atoms with Gasteiger partial charge in [0.05, 0.1) is 18.8 Å². The van der Waals surface area contributed by atoms with Crippen molar-refractivity contribution < 1.29 is 9.47 Å². The number of benzene rings is 2. The summed E-state index contributed by atoms with van der Waals surface area (Å²) in [6.07, 6.45) is 0. The number of hydrogen-bond acceptors (Lipinski definition) is 4. The average molecular weight is 371 g/mol. The van der Waals surface area contributed by atoms with Crippen molar-refractivity contribution in [3.8, 4) is 5.75 Å². The van der Waals surface area contributed by atoms with Crippen molar-refractivity contribution in [1.82, 2.24) is 10.2 Å². The van der Waals surface area contributed by atoms with Crippen LogP contribution in [-0.4, -0.2) is 49.3 Å². The van der Waals surface area contributed by atoms with E-state index in [0.29, 0.717) is 6.61 Å². The lowest BCUT2D eigenvalue weighted by molar-refractivity contribution is 0.0389. The molecule has 0 unspecified atom stereocenters. The van der Waals surface area contributed by atoms with E-state index in [9.17, 15) is 0 Å². The Morgan fingerprint density at radius 3 is 2.62 bits per heavy atom. The number of morpholine rings is 1. The Morgan fingerprint density at radius 1 is 1.12 bits per heavy atom. The Hall–Kier alpha value is -1.95. The number of aryl methyl sites for hydroxylation is 1. The van der Waals surface area contributed by atoms with Gasteiger partial charge in [0.25, 0.3) is 0 Å². The van der Waals surface area contributed by atoms with E-state index >= 15 is 0 Å². The van der Waals surface area contributed by atoms with Crippen LogP contribution in [0.2, 0.25) is 0 Å². The summed E-state index contributed by atoms with van der Waals surface area (Å²) in [5, 5.41) is 3.36. The molecule has 1 fully saturated rings. The lowest BCUT2D eigenvalue weighted by atomic mass is 10.1. The molecular formula is C21H26N2O2S. The molecule has 0 radical (unpaired) electrons. The highest BCUT2D eigenvalue weighted by Gasteiger charge is 2.11. The Balaban J connectivity index is 1.53. The van der Waals surface area contributed by atoms with Gasteiger partial charge in [0.15, 0.2) is 0 Å². The molecule has 0 aliphatic carbocycles. The normalized spacial score (nSPS) is 14.8. The summed E-state index contributed by atoms with van der Waals surface area (Å²) < 4.78 is 11.4. The van der Waals surface area contributed by atoms with E-state index < -0.39 is 0 Å². The van der Waals surface area contributed by atoms with Crippen LogP contribution in [-0.2, 0) is 11.3 Å². The number of thiocarbonyl (C=S) groups is 1. The molecule has 1 saturated heterocycles. The second-order valence-electron chi connectivity index (χ2n) is 6.48. The van der Waals surface area contributed by atoms with Crippen molar-refractivity contribution >= 4 is 17.2 Å². The van der Waals surface area contributed by atoms with E-state index in [1.165, 1.54) is 5.56 Å². The summed E-state index contributed by atoms with van der Waals surface area (Å²) in [5.41, 5.74) is 3.34. The van der Waals surface area contributed by atoms with Crippen LogP contribution >= 0.6 is 12.2 Å². The minimum Gasteiger partial charge on any atom is -0.488 e. The quantitative estimate of drug-likeness (QED) is 0.757. The molecule has 1 N–H and O–H groups in total. The van der Waals surface area contributed by atoms with Gasteiger partial charge in [-0.1, -0.05) is 54.2 Å². The maximum absolute atomic E-state index is 6.03. The number of nitrogens with one attached hydrogen (secondary N) is 1. The highest BCUT2D eigenvalue weighted by Crippen LogP contribution is 2.20. The van der Waals surface area contributed by atoms with E-state index in [2.05, 4.69) is 41.4 Å². The average Bonchev–Trinajstić information content (AvgIpc) is 2.68. The molecule has 2 aromatic carbocycles. The zero-order valence-corrected chi connectivity index (χ0v) is 16.1. The third-order valence-corrected chi connectivity index (χ3v) is 4.83. The molecule has 0 atom stereocenters. The van der Waals surface area contributed by atoms with Crippen LogP contribution in [0.1, 0.15) is 16.7 Å². The van der Waals surface area contributed by atoms with Crippen molar-refractivity contribution in [2.24, 2.45) is 0 Å². The summed E-state index contributed by atoms with van der Waals surface area (Å²) >= 11 is 5.59. The highest BCUT2D eigenvalue weighted by atomic mass is 32.1. The predicted octanol–water partition coefficient (Wildman–Crippen LogP) is 3.17. The van der Waals surface area contributed by atoms with Crippen LogP contribution < -0.4 is 10.1 Å². The SMILES string of the molecule is Cc1ccc(COc2ccccc2C(=S)NCCN2CCOCC2)cc1. The van der Waals surface area contributed by atoms with Crippen molar-refractivity contribution in [2.75, 3.05) is 39.4 Å². The van der Waals surface area contributed by atoms with Gasteiger partial charge in [0.2, 0.25) is 0 Å². The first kappa shape index (κ1) is 18.8. The molecule has 26 heavy (non-hydrogen) atoms. The van der Waals surface area contributed by atoms with E-state index in [-0.39, 0.29) is 0 Å². The summed E-state index contributed by atoms with van der Waals surface area (Å²) in [6.45, 7) is 8.03. The molecule has 1 aliphatic heterocycles. The maximum atomic E-state index is 6.03. The van der Waals surface area contributed by atoms with Gasteiger partial charge in [-0.3, -0.25) is 4.90 Å². The standard InChI is InChI=1S/C21H26N2O2S/c1-17-6-8-18(9-7-17)16-25-20-5-3-2-4-19(20)21(26)22-10-11-23-12-14-24-15-13-23/h2-9H,10-16H2,1H3,(H,22,26). The van der Waals surface area contributed by atoms with Gasteiger partial charge in [-0.15, -0.1) is 0 Å². The van der Waals surface area contributed by atoms with Crippen LogP contribution in [0.4, 0.5) is 0 Å². The van der Waals surface area contributed by atoms with Gasteiger partial charge >= 0.3 is 0 Å². The topological polar surface area (TPSA) is 33.7 Å². The maximum Gasteiger partial charge on any atom is 0.129 e. The monoisotopic (exact) mass is 370 g/mol. The summed E-state index contributed by atoms with van der Waals surface area (Å²) in [6, 6.07) is 16.3. The number of rotatable bonds is 7. The van der Waals surface area contributed by atoms with Crippen LogP contribution in [0.3, 0.4) is 0 Å². The first-order chi connectivity index (χ1) is 12.7. The Morgan fingerprint density at radius 2 is 1.85 bits per heavy atom. The molecule has 2 aromatic rings. The summed E-state index contributed by atoms with van der Waals surface area (Å²) in [4.78, 5) is 3.12. The van der Waals surface area contributed by atoms with Gasteiger partial charge in [0.1, 0.15) is 17.3 Å². The van der Waals surface area contributed by atoms with Crippen LogP contribution in [0.5, 0.6) is 5.75 Å². The van der Waals surface area contributed by atoms with E-state index in [1.54, 1.807) is 0 Å². The Labute approximate surface area is 161 Å². The second kappa shape index (κ2) is 9.67. The van der Waals surface area contributed by atoms with Gasteiger partial charge in [0, 0.05) is 26.2 Å². The molecule has 1 aliphatic rings. The molecule has 3 rings (SSSR count). The Bertz CT molecular complexity index is 712. The molecular weight excluding hydrogens is 344 g/mol. The zero-order valence-electron chi connectivity index (χ0n) is 15.2. The van der Waals surface area contributed by atoms with Crippen LogP contribution in [0.15, 0.2) is 48.5 Å². The van der Waals surface area contributed by atoms with Gasteiger partial charge in [-0.25, -0.2) is 0 Å². The van der Waals surface area contributed by atoms with E-state index in [1.807, 2.05) is 24.3 Å². The first-order valence-electron chi connectivity index (χ1n) is 9.08. The number of nitrogens with zero attached hydrogens (tertiary/aromatic N) is 1. The predicted molar refractivity (Wildman–Crippen MR) is 109 cm³/mol. The third-order valence-electron chi connectivity index (χ3n) is 4.46. The summed E-state index contributed by atoms with van der Waals surface area (Å²) in [7, 11) is 0. The molecule has 0 amide bonds. The smallest absolute Gasteiger partial charge is 0.129 e. The van der Waals surface area contributed by atoms with Crippen LogP contribution in [0, 0.1) is 6.92 Å². The molecule has 0 aromatic heterocycles.